The third-order valence-electron chi connectivity index (χ3n) is 5.34. The molecule has 1 saturated heterocycles. The molecule has 0 spiro atoms. The Morgan fingerprint density at radius 2 is 2.00 bits per heavy atom. The molecule has 30 heavy (non-hydrogen) atoms. The minimum atomic E-state index is -0.773. The van der Waals surface area contributed by atoms with Crippen molar-refractivity contribution >= 4 is 28.4 Å². The van der Waals surface area contributed by atoms with E-state index in [9.17, 15) is 18.4 Å². The third kappa shape index (κ3) is 4.12. The predicted molar refractivity (Wildman–Crippen MR) is 108 cm³/mol. The van der Waals surface area contributed by atoms with Crippen LogP contribution in [-0.4, -0.2) is 41.9 Å². The van der Waals surface area contributed by atoms with E-state index in [2.05, 4.69) is 10.3 Å². The van der Waals surface area contributed by atoms with Gasteiger partial charge in [-0.15, -0.1) is 0 Å². The molecule has 0 radical (unpaired) electrons. The smallest absolute Gasteiger partial charge is 0.229 e. The highest BCUT2D eigenvalue weighted by molar-refractivity contribution is 5.97. The van der Waals surface area contributed by atoms with Crippen molar-refractivity contribution in [1.29, 1.82) is 0 Å². The SMILES string of the molecule is COc1ccc2[nH]cc(CCN3CC(C(=O)Nc4cc(F)cc(F)c4)CC3=O)c2c1. The lowest BCUT2D eigenvalue weighted by Gasteiger charge is -2.16. The van der Waals surface area contributed by atoms with Crippen LogP contribution >= 0.6 is 0 Å². The van der Waals surface area contributed by atoms with Crippen molar-refractivity contribution in [2.24, 2.45) is 5.92 Å². The summed E-state index contributed by atoms with van der Waals surface area (Å²) in [4.78, 5) is 29.7. The third-order valence-corrected chi connectivity index (χ3v) is 5.34. The number of hydrogen-bond acceptors (Lipinski definition) is 3. The molecule has 1 aliphatic heterocycles. The second kappa shape index (κ2) is 8.14. The summed E-state index contributed by atoms with van der Waals surface area (Å²) in [7, 11) is 1.61. The van der Waals surface area contributed by atoms with Gasteiger partial charge in [-0.2, -0.15) is 0 Å². The van der Waals surface area contributed by atoms with E-state index in [-0.39, 0.29) is 24.6 Å². The van der Waals surface area contributed by atoms with Gasteiger partial charge in [-0.1, -0.05) is 0 Å². The number of H-pyrrole nitrogens is 1. The van der Waals surface area contributed by atoms with Crippen molar-refractivity contribution in [2.45, 2.75) is 12.8 Å². The zero-order valence-electron chi connectivity index (χ0n) is 16.4. The number of carbonyl (C=O) groups excluding carboxylic acids is 2. The number of benzene rings is 2. The van der Waals surface area contributed by atoms with Gasteiger partial charge in [0.05, 0.1) is 13.0 Å². The summed E-state index contributed by atoms with van der Waals surface area (Å²) in [5.74, 6) is -1.89. The fourth-order valence-electron chi connectivity index (χ4n) is 3.78. The number of halogens is 2. The Hall–Kier alpha value is -3.42. The maximum Gasteiger partial charge on any atom is 0.229 e. The van der Waals surface area contributed by atoms with Gasteiger partial charge in [0.1, 0.15) is 17.4 Å². The van der Waals surface area contributed by atoms with Crippen molar-refractivity contribution < 1.29 is 23.1 Å². The summed E-state index contributed by atoms with van der Waals surface area (Å²) >= 11 is 0. The predicted octanol–water partition coefficient (Wildman–Crippen LogP) is 3.48. The van der Waals surface area contributed by atoms with Gasteiger partial charge < -0.3 is 19.9 Å². The Morgan fingerprint density at radius 3 is 2.73 bits per heavy atom. The minimum absolute atomic E-state index is 0.0381. The average molecular weight is 413 g/mol. The maximum atomic E-state index is 13.3. The molecule has 2 N–H and O–H groups in total. The summed E-state index contributed by atoms with van der Waals surface area (Å²) in [6, 6.07) is 8.58. The summed E-state index contributed by atoms with van der Waals surface area (Å²) in [6.07, 6.45) is 2.61. The van der Waals surface area contributed by atoms with E-state index in [1.54, 1.807) is 12.0 Å². The normalized spacial score (nSPS) is 16.3. The van der Waals surface area contributed by atoms with E-state index in [1.807, 2.05) is 24.4 Å². The molecule has 0 aliphatic carbocycles. The summed E-state index contributed by atoms with van der Waals surface area (Å²) in [5, 5.41) is 3.53. The first-order valence-electron chi connectivity index (χ1n) is 9.61. The molecule has 1 aliphatic rings. The minimum Gasteiger partial charge on any atom is -0.497 e. The number of nitrogens with one attached hydrogen (secondary N) is 2. The highest BCUT2D eigenvalue weighted by Gasteiger charge is 2.34. The molecule has 1 unspecified atom stereocenters. The lowest BCUT2D eigenvalue weighted by atomic mass is 10.1. The second-order valence-corrected chi connectivity index (χ2v) is 7.36. The number of aromatic amines is 1. The number of methoxy groups -OCH3 is 1. The van der Waals surface area contributed by atoms with Gasteiger partial charge in [-0.25, -0.2) is 8.78 Å². The number of hydrogen-bond donors (Lipinski definition) is 2. The van der Waals surface area contributed by atoms with Crippen LogP contribution in [-0.2, 0) is 16.0 Å². The summed E-state index contributed by atoms with van der Waals surface area (Å²) in [5.41, 5.74) is 2.08. The molecule has 8 heteroatoms. The molecular weight excluding hydrogens is 392 g/mol. The van der Waals surface area contributed by atoms with E-state index in [4.69, 9.17) is 4.74 Å². The van der Waals surface area contributed by atoms with Gasteiger partial charge in [0.15, 0.2) is 0 Å². The Kier molecular flexibility index (Phi) is 5.39. The number of likely N-dealkylation sites (tertiary alicyclic amines) is 1. The van der Waals surface area contributed by atoms with E-state index in [1.165, 1.54) is 0 Å². The molecule has 2 heterocycles. The van der Waals surface area contributed by atoms with E-state index >= 15 is 0 Å². The molecule has 2 aromatic carbocycles. The van der Waals surface area contributed by atoms with Crippen molar-refractivity contribution in [3.63, 3.8) is 0 Å². The van der Waals surface area contributed by atoms with Crippen LogP contribution in [0, 0.1) is 17.6 Å². The zero-order chi connectivity index (χ0) is 21.3. The van der Waals surface area contributed by atoms with Crippen molar-refractivity contribution in [3.05, 3.63) is 59.8 Å². The topological polar surface area (TPSA) is 74.4 Å². The molecule has 3 aromatic rings. The number of ether oxygens (including phenoxy) is 1. The Labute approximate surface area is 171 Å². The quantitative estimate of drug-likeness (QED) is 0.650. The monoisotopic (exact) mass is 413 g/mol. The molecule has 1 fully saturated rings. The van der Waals surface area contributed by atoms with Gasteiger partial charge in [0.2, 0.25) is 11.8 Å². The van der Waals surface area contributed by atoms with Crippen LogP contribution in [0.4, 0.5) is 14.5 Å². The first kappa shape index (κ1) is 19.9. The Morgan fingerprint density at radius 1 is 1.23 bits per heavy atom. The van der Waals surface area contributed by atoms with E-state index < -0.39 is 23.5 Å². The van der Waals surface area contributed by atoms with E-state index in [0.717, 1.165) is 40.4 Å². The lowest BCUT2D eigenvalue weighted by Crippen LogP contribution is -2.30. The highest BCUT2D eigenvalue weighted by Crippen LogP contribution is 2.26. The van der Waals surface area contributed by atoms with Gasteiger partial charge in [0, 0.05) is 48.4 Å². The molecule has 2 amide bonds. The van der Waals surface area contributed by atoms with Gasteiger partial charge >= 0.3 is 0 Å². The van der Waals surface area contributed by atoms with Crippen LogP contribution in [0.25, 0.3) is 10.9 Å². The number of anilines is 1. The standard InChI is InChI=1S/C22H21F2N3O3/c1-30-18-2-3-20-19(10-18)13(11-25-20)4-5-27-12-14(6-21(27)28)22(29)26-17-8-15(23)7-16(24)9-17/h2-3,7-11,14,25H,4-6,12H2,1H3,(H,26,29). The summed E-state index contributed by atoms with van der Waals surface area (Å²) in [6.45, 7) is 0.746. The molecule has 6 nitrogen and oxygen atoms in total. The average Bonchev–Trinajstić information content (AvgIpc) is 3.28. The van der Waals surface area contributed by atoms with E-state index in [0.29, 0.717) is 13.0 Å². The highest BCUT2D eigenvalue weighted by atomic mass is 19.1. The lowest BCUT2D eigenvalue weighted by molar-refractivity contribution is -0.128. The van der Waals surface area contributed by atoms with Crippen molar-refractivity contribution in [2.75, 3.05) is 25.5 Å². The number of carbonyl (C=O) groups is 2. The maximum absolute atomic E-state index is 13.3. The summed E-state index contributed by atoms with van der Waals surface area (Å²) < 4.78 is 31.9. The molecule has 0 saturated carbocycles. The number of aromatic nitrogens is 1. The number of amides is 2. The van der Waals surface area contributed by atoms with Crippen molar-refractivity contribution in [1.82, 2.24) is 9.88 Å². The van der Waals surface area contributed by atoms with Crippen LogP contribution in [0.5, 0.6) is 5.75 Å². The van der Waals surface area contributed by atoms with Crippen LogP contribution in [0.15, 0.2) is 42.6 Å². The van der Waals surface area contributed by atoms with Gasteiger partial charge in [-0.3, -0.25) is 9.59 Å². The fraction of sp³-hybridized carbons (Fsp3) is 0.273. The molecule has 1 atom stereocenters. The molecule has 156 valence electrons. The largest absolute Gasteiger partial charge is 0.497 e. The fourth-order valence-corrected chi connectivity index (χ4v) is 3.78. The zero-order valence-corrected chi connectivity index (χ0v) is 16.4. The molecule has 1 aromatic heterocycles. The molecular formula is C22H21F2N3O3. The van der Waals surface area contributed by atoms with Gasteiger partial charge in [-0.05, 0) is 42.3 Å². The number of nitrogens with zero attached hydrogens (tertiary/aromatic N) is 1. The molecule has 0 bridgehead atoms. The Balaban J connectivity index is 1.38. The Bertz CT molecular complexity index is 1090. The first-order valence-corrected chi connectivity index (χ1v) is 9.61. The van der Waals surface area contributed by atoms with Crippen LogP contribution < -0.4 is 10.1 Å². The van der Waals surface area contributed by atoms with Gasteiger partial charge in [0.25, 0.3) is 0 Å². The molecule has 4 rings (SSSR count). The van der Waals surface area contributed by atoms with Crippen LogP contribution in [0.3, 0.4) is 0 Å². The number of rotatable bonds is 6. The first-order chi connectivity index (χ1) is 14.4. The number of fused-ring (bicyclic) bond motifs is 1. The van der Waals surface area contributed by atoms with Crippen LogP contribution in [0.2, 0.25) is 0 Å². The van der Waals surface area contributed by atoms with Crippen molar-refractivity contribution in [3.8, 4) is 5.75 Å². The van der Waals surface area contributed by atoms with Crippen LogP contribution in [0.1, 0.15) is 12.0 Å². The second-order valence-electron chi connectivity index (χ2n) is 7.36.